The number of carbonyl (C=O) groups excluding carboxylic acids is 1. The molecule has 3 nitrogen and oxygen atoms in total. The molecule has 0 amide bonds. The third kappa shape index (κ3) is 3.17. The number of allylic oxidation sites excluding steroid dienone is 1. The van der Waals surface area contributed by atoms with E-state index in [1.807, 2.05) is 60.9 Å². The second kappa shape index (κ2) is 6.75. The number of ether oxygens (including phenoxy) is 1. The molecule has 3 rings (SSSR count). The molecule has 0 fully saturated rings. The number of rotatable bonds is 5. The Kier molecular flexibility index (Phi) is 4.53. The van der Waals surface area contributed by atoms with Crippen LogP contribution in [0.5, 0.6) is 5.75 Å². The Balaban J connectivity index is 2.03. The molecule has 4 heteroatoms. The van der Waals surface area contributed by atoms with Gasteiger partial charge in [0.25, 0.3) is 0 Å². The first-order valence-electron chi connectivity index (χ1n) is 7.15. The molecule has 1 aromatic heterocycles. The standard InChI is InChI=1S/C19H16O3S/c1-21-14-9-11-17-15(12-14)18(19(22-17)23-2)16(20)10-8-13-6-4-3-5-7-13/h3-12H,1-2H3/b10-8+. The van der Waals surface area contributed by atoms with Gasteiger partial charge in [-0.1, -0.05) is 48.2 Å². The molecule has 1 heterocycles. The van der Waals surface area contributed by atoms with Gasteiger partial charge in [0.1, 0.15) is 11.3 Å². The van der Waals surface area contributed by atoms with Crippen LogP contribution in [0, 0.1) is 0 Å². The number of furan rings is 1. The van der Waals surface area contributed by atoms with Crippen molar-refractivity contribution in [2.75, 3.05) is 13.4 Å². The predicted molar refractivity (Wildman–Crippen MR) is 94.4 cm³/mol. The average molecular weight is 324 g/mol. The number of methoxy groups -OCH3 is 1. The van der Waals surface area contributed by atoms with Gasteiger partial charge in [-0.25, -0.2) is 0 Å². The Labute approximate surface area is 138 Å². The maximum Gasteiger partial charge on any atom is 0.190 e. The summed E-state index contributed by atoms with van der Waals surface area (Å²) >= 11 is 1.42. The molecule has 0 spiro atoms. The maximum absolute atomic E-state index is 12.7. The summed E-state index contributed by atoms with van der Waals surface area (Å²) < 4.78 is 11.0. The summed E-state index contributed by atoms with van der Waals surface area (Å²) in [4.78, 5) is 12.7. The van der Waals surface area contributed by atoms with Crippen molar-refractivity contribution < 1.29 is 13.9 Å². The summed E-state index contributed by atoms with van der Waals surface area (Å²) in [6.07, 6.45) is 5.29. The van der Waals surface area contributed by atoms with Crippen molar-refractivity contribution in [1.29, 1.82) is 0 Å². The lowest BCUT2D eigenvalue weighted by atomic mass is 10.1. The minimum absolute atomic E-state index is 0.0785. The summed E-state index contributed by atoms with van der Waals surface area (Å²) in [6, 6.07) is 15.2. The first-order valence-corrected chi connectivity index (χ1v) is 8.37. The van der Waals surface area contributed by atoms with Crippen LogP contribution in [0.2, 0.25) is 0 Å². The van der Waals surface area contributed by atoms with Gasteiger partial charge in [0, 0.05) is 5.39 Å². The van der Waals surface area contributed by atoms with E-state index in [-0.39, 0.29) is 5.78 Å². The van der Waals surface area contributed by atoms with Crippen LogP contribution in [0.25, 0.3) is 17.0 Å². The molecule has 0 aliphatic carbocycles. The van der Waals surface area contributed by atoms with E-state index in [0.717, 1.165) is 10.9 Å². The molecule has 0 unspecified atom stereocenters. The maximum atomic E-state index is 12.7. The largest absolute Gasteiger partial charge is 0.497 e. The van der Waals surface area contributed by atoms with Gasteiger partial charge in [0.15, 0.2) is 10.9 Å². The molecular formula is C19H16O3S. The topological polar surface area (TPSA) is 39.4 Å². The zero-order valence-electron chi connectivity index (χ0n) is 12.9. The molecule has 0 bridgehead atoms. The Bertz CT molecular complexity index is 863. The summed E-state index contributed by atoms with van der Waals surface area (Å²) in [5, 5.41) is 1.40. The number of hydrogen-bond donors (Lipinski definition) is 0. The Morgan fingerprint density at radius 3 is 2.65 bits per heavy atom. The predicted octanol–water partition coefficient (Wildman–Crippen LogP) is 5.06. The Morgan fingerprint density at radius 1 is 1.17 bits per heavy atom. The molecule has 0 saturated carbocycles. The normalized spacial score (nSPS) is 11.2. The number of ketones is 1. The van der Waals surface area contributed by atoms with Crippen LogP contribution >= 0.6 is 11.8 Å². The first kappa shape index (κ1) is 15.4. The highest BCUT2D eigenvalue weighted by atomic mass is 32.2. The van der Waals surface area contributed by atoms with Crippen LogP contribution in [0.4, 0.5) is 0 Å². The summed E-state index contributed by atoms with van der Waals surface area (Å²) in [5.74, 6) is 0.622. The molecule has 0 saturated heterocycles. The van der Waals surface area contributed by atoms with Crippen molar-refractivity contribution in [3.63, 3.8) is 0 Å². The van der Waals surface area contributed by atoms with Gasteiger partial charge in [-0.2, -0.15) is 0 Å². The van der Waals surface area contributed by atoms with Gasteiger partial charge in [-0.3, -0.25) is 4.79 Å². The van der Waals surface area contributed by atoms with Crippen molar-refractivity contribution in [3.05, 3.63) is 65.7 Å². The number of thioether (sulfide) groups is 1. The van der Waals surface area contributed by atoms with Crippen LogP contribution in [0.3, 0.4) is 0 Å². The lowest BCUT2D eigenvalue weighted by Gasteiger charge is -1.99. The fourth-order valence-corrected chi connectivity index (χ4v) is 2.97. The van der Waals surface area contributed by atoms with Crippen LogP contribution in [0.15, 0.2) is 64.1 Å². The Hall–Kier alpha value is -2.46. The Morgan fingerprint density at radius 2 is 1.96 bits per heavy atom. The smallest absolute Gasteiger partial charge is 0.190 e. The molecule has 0 radical (unpaired) electrons. The highest BCUT2D eigenvalue weighted by Crippen LogP contribution is 2.34. The van der Waals surface area contributed by atoms with Gasteiger partial charge < -0.3 is 9.15 Å². The molecule has 2 aromatic carbocycles. The van der Waals surface area contributed by atoms with Gasteiger partial charge in [-0.05, 0) is 36.1 Å². The fraction of sp³-hybridized carbons (Fsp3) is 0.105. The second-order valence-electron chi connectivity index (χ2n) is 4.94. The SMILES string of the molecule is COc1ccc2oc(SC)c(C(=O)/C=C/c3ccccc3)c2c1. The highest BCUT2D eigenvalue weighted by molar-refractivity contribution is 7.98. The van der Waals surface area contributed by atoms with Crippen molar-refractivity contribution in [1.82, 2.24) is 0 Å². The van der Waals surface area contributed by atoms with Crippen molar-refractivity contribution >= 4 is 34.6 Å². The van der Waals surface area contributed by atoms with E-state index in [1.165, 1.54) is 11.8 Å². The van der Waals surface area contributed by atoms with E-state index in [4.69, 9.17) is 9.15 Å². The first-order chi connectivity index (χ1) is 11.2. The molecule has 0 atom stereocenters. The minimum atomic E-state index is -0.0785. The van der Waals surface area contributed by atoms with E-state index in [2.05, 4.69) is 0 Å². The molecule has 116 valence electrons. The number of hydrogen-bond acceptors (Lipinski definition) is 4. The lowest BCUT2D eigenvalue weighted by Crippen LogP contribution is -1.95. The van der Waals surface area contributed by atoms with Gasteiger partial charge in [-0.15, -0.1) is 0 Å². The van der Waals surface area contributed by atoms with E-state index < -0.39 is 0 Å². The molecule has 23 heavy (non-hydrogen) atoms. The third-order valence-electron chi connectivity index (χ3n) is 3.52. The summed E-state index contributed by atoms with van der Waals surface area (Å²) in [5.41, 5.74) is 2.25. The van der Waals surface area contributed by atoms with E-state index >= 15 is 0 Å². The van der Waals surface area contributed by atoms with Crippen molar-refractivity contribution in [2.24, 2.45) is 0 Å². The molecule has 0 N–H and O–H groups in total. The number of benzene rings is 2. The van der Waals surface area contributed by atoms with Gasteiger partial charge >= 0.3 is 0 Å². The third-order valence-corrected chi connectivity index (χ3v) is 4.18. The summed E-state index contributed by atoms with van der Waals surface area (Å²) in [6.45, 7) is 0. The van der Waals surface area contributed by atoms with E-state index in [9.17, 15) is 4.79 Å². The summed E-state index contributed by atoms with van der Waals surface area (Å²) in [7, 11) is 1.60. The molecular weight excluding hydrogens is 308 g/mol. The lowest BCUT2D eigenvalue weighted by molar-refractivity contribution is 0.104. The van der Waals surface area contributed by atoms with E-state index in [0.29, 0.717) is 22.0 Å². The van der Waals surface area contributed by atoms with Crippen LogP contribution < -0.4 is 4.74 Å². The molecule has 0 aliphatic heterocycles. The monoisotopic (exact) mass is 324 g/mol. The van der Waals surface area contributed by atoms with E-state index in [1.54, 1.807) is 13.2 Å². The molecule has 0 aliphatic rings. The quantitative estimate of drug-likeness (QED) is 0.373. The number of carbonyl (C=O) groups is 1. The van der Waals surface area contributed by atoms with Gasteiger partial charge in [0.05, 0.1) is 12.7 Å². The van der Waals surface area contributed by atoms with Crippen molar-refractivity contribution in [3.8, 4) is 5.75 Å². The zero-order valence-corrected chi connectivity index (χ0v) is 13.7. The minimum Gasteiger partial charge on any atom is -0.497 e. The number of fused-ring (bicyclic) bond motifs is 1. The van der Waals surface area contributed by atoms with Gasteiger partial charge in [0.2, 0.25) is 0 Å². The van der Waals surface area contributed by atoms with Crippen LogP contribution in [-0.4, -0.2) is 19.1 Å². The average Bonchev–Trinajstić information content (AvgIpc) is 2.98. The molecule has 3 aromatic rings. The highest BCUT2D eigenvalue weighted by Gasteiger charge is 2.19. The second-order valence-corrected chi connectivity index (χ2v) is 5.72. The van der Waals surface area contributed by atoms with Crippen LogP contribution in [0.1, 0.15) is 15.9 Å². The van der Waals surface area contributed by atoms with Crippen molar-refractivity contribution in [2.45, 2.75) is 5.09 Å². The fourth-order valence-electron chi connectivity index (χ4n) is 2.38. The zero-order chi connectivity index (χ0) is 16.2. The van der Waals surface area contributed by atoms with Crippen LogP contribution in [-0.2, 0) is 0 Å².